The summed E-state index contributed by atoms with van der Waals surface area (Å²) in [5.41, 5.74) is 1.03. The first-order valence-electron chi connectivity index (χ1n) is 8.45. The minimum Gasteiger partial charge on any atom is -0.392 e. The van der Waals surface area contributed by atoms with E-state index in [1.165, 1.54) is 25.7 Å². The minimum atomic E-state index is -0.357. The molecule has 0 spiro atoms. The average molecular weight is 317 g/mol. The normalized spacial score (nSPS) is 26.3. The molecular formula is C16H23N5O2. The van der Waals surface area contributed by atoms with Gasteiger partial charge in [-0.1, -0.05) is 18.0 Å². The molecule has 2 aliphatic rings. The SMILES string of the molecule is Cc1noc([C@H]2C[C@H](O)CN2Cc2ccn(C3CCCC3)n2)n1. The first-order valence-corrected chi connectivity index (χ1v) is 8.45. The minimum absolute atomic E-state index is 0.0252. The highest BCUT2D eigenvalue weighted by Crippen LogP contribution is 2.33. The molecule has 2 aromatic rings. The summed E-state index contributed by atoms with van der Waals surface area (Å²) in [7, 11) is 0. The molecule has 1 saturated carbocycles. The third kappa shape index (κ3) is 3.03. The lowest BCUT2D eigenvalue weighted by Gasteiger charge is -2.19. The molecule has 1 aliphatic heterocycles. The van der Waals surface area contributed by atoms with E-state index in [1.54, 1.807) is 0 Å². The summed E-state index contributed by atoms with van der Waals surface area (Å²) in [6.45, 7) is 3.12. The van der Waals surface area contributed by atoms with Crippen LogP contribution >= 0.6 is 0 Å². The number of aliphatic hydroxyl groups is 1. The summed E-state index contributed by atoms with van der Waals surface area (Å²) in [5.74, 6) is 1.22. The zero-order valence-electron chi connectivity index (χ0n) is 13.4. The van der Waals surface area contributed by atoms with Gasteiger partial charge in [0.2, 0.25) is 5.89 Å². The second kappa shape index (κ2) is 6.05. The second-order valence-corrected chi connectivity index (χ2v) is 6.74. The van der Waals surface area contributed by atoms with Gasteiger partial charge in [0.15, 0.2) is 5.82 Å². The maximum atomic E-state index is 10.0. The number of β-amino-alcohol motifs (C(OH)–C–C–N with tert-alkyl or cyclic N) is 1. The molecule has 2 aromatic heterocycles. The van der Waals surface area contributed by atoms with E-state index in [2.05, 4.69) is 32.0 Å². The van der Waals surface area contributed by atoms with E-state index in [9.17, 15) is 5.11 Å². The van der Waals surface area contributed by atoms with Crippen molar-refractivity contribution in [3.8, 4) is 0 Å². The van der Waals surface area contributed by atoms with Crippen LogP contribution in [-0.4, -0.2) is 42.6 Å². The van der Waals surface area contributed by atoms with E-state index < -0.39 is 0 Å². The Hall–Kier alpha value is -1.73. The van der Waals surface area contributed by atoms with Crippen molar-refractivity contribution in [2.24, 2.45) is 0 Å². The molecule has 1 N–H and O–H groups in total. The van der Waals surface area contributed by atoms with Gasteiger partial charge in [0.25, 0.3) is 0 Å². The molecule has 124 valence electrons. The zero-order valence-corrected chi connectivity index (χ0v) is 13.4. The number of likely N-dealkylation sites (tertiary alicyclic amines) is 1. The van der Waals surface area contributed by atoms with Crippen molar-refractivity contribution in [2.45, 2.75) is 63.8 Å². The Bertz CT molecular complexity index is 661. The number of hydrogen-bond acceptors (Lipinski definition) is 6. The molecule has 0 amide bonds. The van der Waals surface area contributed by atoms with Crippen molar-refractivity contribution >= 4 is 0 Å². The molecule has 7 heteroatoms. The fraction of sp³-hybridized carbons (Fsp3) is 0.688. The maximum Gasteiger partial charge on any atom is 0.244 e. The number of aromatic nitrogens is 4. The van der Waals surface area contributed by atoms with Crippen LogP contribution in [0.5, 0.6) is 0 Å². The molecule has 7 nitrogen and oxygen atoms in total. The second-order valence-electron chi connectivity index (χ2n) is 6.74. The van der Waals surface area contributed by atoms with Crippen LogP contribution in [0.25, 0.3) is 0 Å². The fourth-order valence-corrected chi connectivity index (χ4v) is 3.80. The molecule has 0 aromatic carbocycles. The zero-order chi connectivity index (χ0) is 15.8. The van der Waals surface area contributed by atoms with E-state index in [-0.39, 0.29) is 12.1 Å². The van der Waals surface area contributed by atoms with Crippen LogP contribution in [0.1, 0.15) is 61.6 Å². The van der Waals surface area contributed by atoms with Crippen molar-refractivity contribution in [3.63, 3.8) is 0 Å². The first kappa shape index (κ1) is 14.8. The summed E-state index contributed by atoms with van der Waals surface area (Å²) >= 11 is 0. The fourth-order valence-electron chi connectivity index (χ4n) is 3.80. The molecule has 3 heterocycles. The van der Waals surface area contributed by atoms with Crippen molar-refractivity contribution in [1.29, 1.82) is 0 Å². The third-order valence-corrected chi connectivity index (χ3v) is 4.94. The van der Waals surface area contributed by atoms with Crippen LogP contribution < -0.4 is 0 Å². The number of rotatable bonds is 4. The van der Waals surface area contributed by atoms with E-state index >= 15 is 0 Å². The summed E-state index contributed by atoms with van der Waals surface area (Å²) in [6, 6.07) is 2.62. The summed E-state index contributed by atoms with van der Waals surface area (Å²) in [5, 5.41) is 18.6. The average Bonchev–Trinajstić information content (AvgIpc) is 3.26. The van der Waals surface area contributed by atoms with Gasteiger partial charge in [0, 0.05) is 19.3 Å². The van der Waals surface area contributed by atoms with E-state index in [4.69, 9.17) is 9.62 Å². The summed E-state index contributed by atoms with van der Waals surface area (Å²) in [6.07, 6.45) is 7.42. The van der Waals surface area contributed by atoms with Gasteiger partial charge >= 0.3 is 0 Å². The van der Waals surface area contributed by atoms with Gasteiger partial charge in [0.1, 0.15) is 0 Å². The summed E-state index contributed by atoms with van der Waals surface area (Å²) in [4.78, 5) is 6.51. The Labute approximate surface area is 135 Å². The topological polar surface area (TPSA) is 80.2 Å². The molecule has 0 bridgehead atoms. The number of aryl methyl sites for hydroxylation is 1. The van der Waals surface area contributed by atoms with E-state index in [0.29, 0.717) is 37.3 Å². The van der Waals surface area contributed by atoms with E-state index in [1.807, 2.05) is 6.92 Å². The predicted molar refractivity (Wildman–Crippen MR) is 82.5 cm³/mol. The lowest BCUT2D eigenvalue weighted by Crippen LogP contribution is -2.25. The number of hydrogen-bond donors (Lipinski definition) is 1. The first-order chi connectivity index (χ1) is 11.2. The van der Waals surface area contributed by atoms with Crippen molar-refractivity contribution in [2.75, 3.05) is 6.54 Å². The Kier molecular flexibility index (Phi) is 3.90. The van der Waals surface area contributed by atoms with Crippen LogP contribution in [0.15, 0.2) is 16.8 Å². The van der Waals surface area contributed by atoms with Gasteiger partial charge in [-0.2, -0.15) is 10.1 Å². The predicted octanol–water partition coefficient (Wildman–Crippen LogP) is 2.00. The number of nitrogens with zero attached hydrogens (tertiary/aromatic N) is 5. The monoisotopic (exact) mass is 317 g/mol. The molecule has 4 rings (SSSR count). The van der Waals surface area contributed by atoms with Gasteiger partial charge in [0.05, 0.1) is 23.9 Å². The van der Waals surface area contributed by atoms with Crippen molar-refractivity contribution in [3.05, 3.63) is 29.7 Å². The molecule has 2 atom stereocenters. The molecule has 1 aliphatic carbocycles. The van der Waals surface area contributed by atoms with Crippen LogP contribution in [0.3, 0.4) is 0 Å². The molecule has 23 heavy (non-hydrogen) atoms. The Morgan fingerprint density at radius 1 is 1.35 bits per heavy atom. The van der Waals surface area contributed by atoms with Gasteiger partial charge in [-0.3, -0.25) is 9.58 Å². The van der Waals surface area contributed by atoms with Crippen LogP contribution in [0.4, 0.5) is 0 Å². The van der Waals surface area contributed by atoms with E-state index in [0.717, 1.165) is 5.69 Å². The van der Waals surface area contributed by atoms with Gasteiger partial charge < -0.3 is 9.63 Å². The van der Waals surface area contributed by atoms with Crippen molar-refractivity contribution < 1.29 is 9.63 Å². The number of aliphatic hydroxyl groups excluding tert-OH is 1. The summed E-state index contributed by atoms with van der Waals surface area (Å²) < 4.78 is 7.42. The van der Waals surface area contributed by atoms with Gasteiger partial charge in [-0.05, 0) is 32.3 Å². The third-order valence-electron chi connectivity index (χ3n) is 4.94. The molecule has 0 unspecified atom stereocenters. The highest BCUT2D eigenvalue weighted by atomic mass is 16.5. The molecular weight excluding hydrogens is 294 g/mol. The lowest BCUT2D eigenvalue weighted by atomic mass is 10.2. The Morgan fingerprint density at radius 3 is 2.91 bits per heavy atom. The lowest BCUT2D eigenvalue weighted by molar-refractivity contribution is 0.168. The standard InChI is InChI=1S/C16H23N5O2/c1-11-17-16(23-19-11)15-8-14(22)10-20(15)9-12-6-7-21(18-12)13-4-2-3-5-13/h6-7,13-15,22H,2-5,8-10H2,1H3/t14-,15+/m0/s1. The Morgan fingerprint density at radius 2 is 2.17 bits per heavy atom. The van der Waals surface area contributed by atoms with Crippen LogP contribution in [-0.2, 0) is 6.54 Å². The van der Waals surface area contributed by atoms with Crippen LogP contribution in [0, 0.1) is 6.92 Å². The quantitative estimate of drug-likeness (QED) is 0.929. The smallest absolute Gasteiger partial charge is 0.244 e. The van der Waals surface area contributed by atoms with Crippen LogP contribution in [0.2, 0.25) is 0 Å². The van der Waals surface area contributed by atoms with Crippen molar-refractivity contribution in [1.82, 2.24) is 24.8 Å². The van der Waals surface area contributed by atoms with Gasteiger partial charge in [-0.25, -0.2) is 0 Å². The van der Waals surface area contributed by atoms with Gasteiger partial charge in [-0.15, -0.1) is 0 Å². The highest BCUT2D eigenvalue weighted by Gasteiger charge is 2.36. The molecule has 2 fully saturated rings. The Balaban J connectivity index is 1.48. The largest absolute Gasteiger partial charge is 0.392 e. The maximum absolute atomic E-state index is 10.0. The molecule has 1 saturated heterocycles. The molecule has 0 radical (unpaired) electrons. The highest BCUT2D eigenvalue weighted by molar-refractivity contribution is 5.05.